The largest absolute Gasteiger partial charge is 0.226 e. The fourth-order valence-electron chi connectivity index (χ4n) is 0.446. The van der Waals surface area contributed by atoms with Gasteiger partial charge in [-0.1, -0.05) is 87.8 Å². The highest BCUT2D eigenvalue weighted by atomic mass is 35.6. The summed E-state index contributed by atoms with van der Waals surface area (Å²) in [5, 5.41) is 0. The molecule has 0 bridgehead atoms. The second kappa shape index (κ2) is 4.33. The normalized spacial score (nSPS) is 14.5. The predicted octanol–water partition coefficient (Wildman–Crippen LogP) is 5.28. The lowest BCUT2D eigenvalue weighted by atomic mass is 10.2. The number of hydrogen-bond donors (Lipinski definition) is 0. The zero-order chi connectivity index (χ0) is 11.1. The third kappa shape index (κ3) is 2.87. The van der Waals surface area contributed by atoms with Crippen molar-refractivity contribution in [2.75, 3.05) is 0 Å². The molecule has 0 fully saturated rings. The van der Waals surface area contributed by atoms with Crippen LogP contribution < -0.4 is 0 Å². The Labute approximate surface area is 112 Å². The summed E-state index contributed by atoms with van der Waals surface area (Å²) >= 11 is 39.6. The average Bonchev–Trinajstić information content (AvgIpc) is 1.84. The van der Waals surface area contributed by atoms with Crippen LogP contribution in [-0.4, -0.2) is 12.5 Å². The standard InChI is InChI=1S/C6H5Cl7/c1-3(2)4(7,8)5(9,10)6(11,12)13/h1H2,2H3. The van der Waals surface area contributed by atoms with Gasteiger partial charge in [-0.15, -0.1) is 0 Å². The molecule has 0 spiro atoms. The maximum absolute atomic E-state index is 5.80. The van der Waals surface area contributed by atoms with Crippen LogP contribution in [0.3, 0.4) is 0 Å². The van der Waals surface area contributed by atoms with E-state index in [4.69, 9.17) is 81.2 Å². The molecule has 0 N–H and O–H groups in total. The summed E-state index contributed by atoms with van der Waals surface area (Å²) in [5.74, 6) is 0. The van der Waals surface area contributed by atoms with Gasteiger partial charge >= 0.3 is 0 Å². The van der Waals surface area contributed by atoms with Crippen molar-refractivity contribution in [1.82, 2.24) is 0 Å². The number of rotatable bonds is 2. The molecule has 0 aliphatic carbocycles. The van der Waals surface area contributed by atoms with Gasteiger partial charge in [0.25, 0.3) is 0 Å². The van der Waals surface area contributed by atoms with E-state index < -0.39 is 12.5 Å². The van der Waals surface area contributed by atoms with Crippen molar-refractivity contribution in [2.24, 2.45) is 0 Å². The summed E-state index contributed by atoms with van der Waals surface area (Å²) < 4.78 is -5.72. The van der Waals surface area contributed by atoms with Crippen LogP contribution in [0, 0.1) is 0 Å². The second-order valence-electron chi connectivity index (χ2n) is 2.43. The Morgan fingerprint density at radius 3 is 1.31 bits per heavy atom. The Balaban J connectivity index is 5.16. The van der Waals surface area contributed by atoms with Gasteiger partial charge in [0.05, 0.1) is 0 Å². The van der Waals surface area contributed by atoms with Crippen LogP contribution in [-0.2, 0) is 0 Å². The molecule has 0 nitrogen and oxygen atoms in total. The van der Waals surface area contributed by atoms with Gasteiger partial charge in [-0.2, -0.15) is 0 Å². The molecular formula is C6H5Cl7. The molecule has 0 aromatic heterocycles. The Hall–Kier alpha value is 1.77. The van der Waals surface area contributed by atoms with Crippen molar-refractivity contribution in [2.45, 2.75) is 19.4 Å². The van der Waals surface area contributed by atoms with Crippen LogP contribution in [0.5, 0.6) is 0 Å². The molecule has 0 saturated heterocycles. The molecule has 78 valence electrons. The van der Waals surface area contributed by atoms with E-state index in [0.717, 1.165) is 0 Å². The van der Waals surface area contributed by atoms with Gasteiger partial charge in [0, 0.05) is 0 Å². The second-order valence-corrected chi connectivity index (χ2v) is 7.36. The minimum absolute atomic E-state index is 0.284. The molecule has 0 aromatic rings. The van der Waals surface area contributed by atoms with Crippen molar-refractivity contribution in [3.05, 3.63) is 12.2 Å². The van der Waals surface area contributed by atoms with E-state index in [1.807, 2.05) is 0 Å². The maximum Gasteiger partial charge on any atom is 0.226 e. The van der Waals surface area contributed by atoms with Crippen LogP contribution in [0.4, 0.5) is 0 Å². The summed E-state index contributed by atoms with van der Waals surface area (Å²) in [4.78, 5) is 0. The molecule has 0 unspecified atom stereocenters. The van der Waals surface area contributed by atoms with E-state index in [0.29, 0.717) is 0 Å². The summed E-state index contributed by atoms with van der Waals surface area (Å²) in [6.45, 7) is 5.02. The third-order valence-electron chi connectivity index (χ3n) is 1.29. The molecule has 0 aliphatic heterocycles. The van der Waals surface area contributed by atoms with E-state index in [2.05, 4.69) is 6.58 Å². The van der Waals surface area contributed by atoms with Gasteiger partial charge in [0.15, 0.2) is 4.33 Å². The van der Waals surface area contributed by atoms with Crippen LogP contribution in [0.2, 0.25) is 0 Å². The molecule has 7 heteroatoms. The SMILES string of the molecule is C=C(C)C(Cl)(Cl)C(Cl)(Cl)C(Cl)(Cl)Cl. The van der Waals surface area contributed by atoms with Gasteiger partial charge in [0.1, 0.15) is 0 Å². The summed E-state index contributed by atoms with van der Waals surface area (Å²) in [6, 6.07) is 0. The average molecular weight is 325 g/mol. The number of hydrogen-bond acceptors (Lipinski definition) is 0. The lowest BCUT2D eigenvalue weighted by Gasteiger charge is -2.37. The van der Waals surface area contributed by atoms with Crippen molar-refractivity contribution in [1.29, 1.82) is 0 Å². The first-order valence-electron chi connectivity index (χ1n) is 2.93. The molecular weight excluding hydrogens is 320 g/mol. The fraction of sp³-hybridized carbons (Fsp3) is 0.667. The quantitative estimate of drug-likeness (QED) is 0.478. The van der Waals surface area contributed by atoms with E-state index in [1.54, 1.807) is 0 Å². The summed E-state index contributed by atoms with van der Waals surface area (Å²) in [6.07, 6.45) is 0. The smallest absolute Gasteiger partial charge is 0.0971 e. The van der Waals surface area contributed by atoms with E-state index >= 15 is 0 Å². The van der Waals surface area contributed by atoms with Crippen molar-refractivity contribution >= 4 is 81.2 Å². The van der Waals surface area contributed by atoms with Gasteiger partial charge in [-0.25, -0.2) is 0 Å². The number of alkyl halides is 7. The highest BCUT2D eigenvalue weighted by Crippen LogP contribution is 2.58. The lowest BCUT2D eigenvalue weighted by Crippen LogP contribution is -2.47. The van der Waals surface area contributed by atoms with Crippen molar-refractivity contribution in [3.63, 3.8) is 0 Å². The summed E-state index contributed by atoms with van der Waals surface area (Å²) in [5.41, 5.74) is 0.284. The Morgan fingerprint density at radius 2 is 1.23 bits per heavy atom. The number of allylic oxidation sites excluding steroid dienone is 1. The molecule has 0 amide bonds. The molecule has 0 saturated carbocycles. The van der Waals surface area contributed by atoms with Gasteiger partial charge in [-0.3, -0.25) is 0 Å². The Bertz CT molecular complexity index is 212. The fourth-order valence-corrected chi connectivity index (χ4v) is 1.77. The van der Waals surface area contributed by atoms with Crippen LogP contribution >= 0.6 is 81.2 Å². The van der Waals surface area contributed by atoms with Gasteiger partial charge in [0.2, 0.25) is 8.13 Å². The highest BCUT2D eigenvalue weighted by molar-refractivity contribution is 6.79. The molecule has 0 radical (unpaired) electrons. The minimum atomic E-state index is -2.02. The molecule has 0 aromatic carbocycles. The third-order valence-corrected chi connectivity index (χ3v) is 5.45. The van der Waals surface area contributed by atoms with E-state index in [1.165, 1.54) is 6.92 Å². The highest BCUT2D eigenvalue weighted by Gasteiger charge is 2.60. The van der Waals surface area contributed by atoms with E-state index in [9.17, 15) is 0 Å². The molecule has 0 heterocycles. The molecule has 0 aliphatic rings. The monoisotopic (exact) mass is 322 g/mol. The first kappa shape index (κ1) is 14.8. The first-order valence-corrected chi connectivity index (χ1v) is 5.57. The van der Waals surface area contributed by atoms with E-state index in [-0.39, 0.29) is 5.57 Å². The minimum Gasteiger partial charge on any atom is -0.0971 e. The molecule has 13 heavy (non-hydrogen) atoms. The Morgan fingerprint density at radius 1 is 0.923 bits per heavy atom. The zero-order valence-corrected chi connectivity index (χ0v) is 11.6. The zero-order valence-electron chi connectivity index (χ0n) is 6.35. The topological polar surface area (TPSA) is 0 Å². The van der Waals surface area contributed by atoms with Gasteiger partial charge < -0.3 is 0 Å². The van der Waals surface area contributed by atoms with Crippen molar-refractivity contribution in [3.8, 4) is 0 Å². The van der Waals surface area contributed by atoms with Gasteiger partial charge in [-0.05, 0) is 12.5 Å². The predicted molar refractivity (Wildman–Crippen MR) is 64.0 cm³/mol. The van der Waals surface area contributed by atoms with Crippen LogP contribution in [0.1, 0.15) is 6.92 Å². The number of halogens is 7. The van der Waals surface area contributed by atoms with Crippen LogP contribution in [0.25, 0.3) is 0 Å². The van der Waals surface area contributed by atoms with Crippen LogP contribution in [0.15, 0.2) is 12.2 Å². The maximum atomic E-state index is 5.80. The molecule has 0 atom stereocenters. The summed E-state index contributed by atoms with van der Waals surface area (Å²) in [7, 11) is 0. The Kier molecular flexibility index (Phi) is 4.92. The lowest BCUT2D eigenvalue weighted by molar-refractivity contribution is 0.735. The molecule has 0 rings (SSSR count). The first-order chi connectivity index (χ1) is 5.44. The van der Waals surface area contributed by atoms with Crippen molar-refractivity contribution < 1.29 is 0 Å².